The molecule has 0 heterocycles. The lowest BCUT2D eigenvalue weighted by Gasteiger charge is -1.72. The van der Waals surface area contributed by atoms with Gasteiger partial charge in [0.05, 0.1) is 5.75 Å². The van der Waals surface area contributed by atoms with Crippen molar-refractivity contribution in [2.75, 3.05) is 5.75 Å². The van der Waals surface area contributed by atoms with Crippen LogP contribution in [0.25, 0.3) is 0 Å². The molecule has 0 radical (unpaired) electrons. The maximum atomic E-state index is 8.01. The van der Waals surface area contributed by atoms with Crippen molar-refractivity contribution in [1.82, 2.24) is 0 Å². The van der Waals surface area contributed by atoms with Crippen LogP contribution in [0.2, 0.25) is 0 Å². The molecule has 2 heteroatoms. The van der Waals surface area contributed by atoms with Crippen molar-refractivity contribution in [3.63, 3.8) is 0 Å². The van der Waals surface area contributed by atoms with Gasteiger partial charge < -0.3 is 0 Å². The second kappa shape index (κ2) is 6.40. The topological polar surface area (TPSA) is 23.8 Å². The molecule has 1 nitrogen and oxygen atoms in total. The normalized spacial score (nSPS) is 6.50. The first-order chi connectivity index (χ1) is 3.91. The Hall–Kier alpha value is -0.600. The van der Waals surface area contributed by atoms with Crippen LogP contribution in [0, 0.1) is 22.5 Å². The van der Waals surface area contributed by atoms with Gasteiger partial charge in [0, 0.05) is 6.42 Å². The number of nitrogens with zero attached hydrogens (tertiary/aromatic N) is 1. The zero-order valence-corrected chi connectivity index (χ0v) is 5.59. The van der Waals surface area contributed by atoms with Gasteiger partial charge in [-0.05, 0) is 11.8 Å². The Morgan fingerprint density at radius 2 is 2.25 bits per heavy atom. The molecule has 0 amide bonds. The molecule has 0 aromatic carbocycles. The fourth-order valence-corrected chi connectivity index (χ4v) is 0.483. The lowest BCUT2D eigenvalue weighted by Crippen LogP contribution is -1.64. The fourth-order valence-electron chi connectivity index (χ4n) is 0.244. The summed E-state index contributed by atoms with van der Waals surface area (Å²) in [5.74, 6) is 6.33. The molecule has 0 aliphatic carbocycles. The number of thioether (sulfide) groups is 1. The quantitative estimate of drug-likeness (QED) is 0.302. The minimum absolute atomic E-state index is 0.643. The molecule has 8 heavy (non-hydrogen) atoms. The van der Waals surface area contributed by atoms with Gasteiger partial charge >= 0.3 is 0 Å². The summed E-state index contributed by atoms with van der Waals surface area (Å²) < 4.78 is 0. The molecule has 42 valence electrons. The van der Waals surface area contributed by atoms with Gasteiger partial charge in [0.2, 0.25) is 0 Å². The van der Waals surface area contributed by atoms with Crippen LogP contribution in [-0.4, -0.2) is 5.75 Å². The Bertz CT molecular complexity index is 135. The smallest absolute Gasteiger partial charge is 0.134 e. The van der Waals surface area contributed by atoms with Crippen molar-refractivity contribution in [2.24, 2.45) is 0 Å². The van der Waals surface area contributed by atoms with E-state index < -0.39 is 0 Å². The van der Waals surface area contributed by atoms with Crippen molar-refractivity contribution in [3.05, 3.63) is 0 Å². The van der Waals surface area contributed by atoms with Crippen molar-refractivity contribution >= 4 is 11.8 Å². The SMILES string of the molecule is CCC#CCSC#N. The number of hydrogen-bond acceptors (Lipinski definition) is 2. The number of thiocyanates is 1. The average molecular weight is 125 g/mol. The van der Waals surface area contributed by atoms with Crippen molar-refractivity contribution in [2.45, 2.75) is 13.3 Å². The highest BCUT2D eigenvalue weighted by molar-refractivity contribution is 8.03. The van der Waals surface area contributed by atoms with Crippen LogP contribution < -0.4 is 0 Å². The highest BCUT2D eigenvalue weighted by atomic mass is 32.2. The zero-order valence-electron chi connectivity index (χ0n) is 4.77. The van der Waals surface area contributed by atoms with Crippen molar-refractivity contribution < 1.29 is 0 Å². The summed E-state index contributed by atoms with van der Waals surface area (Å²) >= 11 is 1.18. The van der Waals surface area contributed by atoms with E-state index in [9.17, 15) is 0 Å². The first-order valence-corrected chi connectivity index (χ1v) is 3.37. The maximum Gasteiger partial charge on any atom is 0.134 e. The van der Waals surface area contributed by atoms with E-state index in [-0.39, 0.29) is 0 Å². The highest BCUT2D eigenvalue weighted by Crippen LogP contribution is 1.91. The predicted molar refractivity (Wildman–Crippen MR) is 36.1 cm³/mol. The Labute approximate surface area is 54.1 Å². The number of hydrogen-bond donors (Lipinski definition) is 0. The minimum Gasteiger partial charge on any atom is -0.185 e. The van der Waals surface area contributed by atoms with Gasteiger partial charge in [0.25, 0.3) is 0 Å². The summed E-state index contributed by atoms with van der Waals surface area (Å²) in [6, 6.07) is 0. The van der Waals surface area contributed by atoms with Gasteiger partial charge in [-0.25, -0.2) is 0 Å². The molecule has 0 N–H and O–H groups in total. The third-order valence-electron chi connectivity index (χ3n) is 0.511. The van der Waals surface area contributed by atoms with Crippen LogP contribution in [0.3, 0.4) is 0 Å². The molecule has 0 saturated heterocycles. The van der Waals surface area contributed by atoms with Gasteiger partial charge in [-0.15, -0.1) is 5.92 Å². The molecular formula is C6H7NS. The summed E-state index contributed by atoms with van der Waals surface area (Å²) in [4.78, 5) is 0. The predicted octanol–water partition coefficient (Wildman–Crippen LogP) is 1.61. The van der Waals surface area contributed by atoms with Crippen molar-refractivity contribution in [3.8, 4) is 17.2 Å². The summed E-state index contributed by atoms with van der Waals surface area (Å²) in [6.07, 6.45) is 0.881. The Morgan fingerprint density at radius 3 is 2.75 bits per heavy atom. The van der Waals surface area contributed by atoms with E-state index in [0.29, 0.717) is 5.75 Å². The average Bonchev–Trinajstić information content (AvgIpc) is 1.81. The molecule has 0 saturated carbocycles. The molecule has 0 aliphatic heterocycles. The molecule has 0 rings (SSSR count). The Kier molecular flexibility index (Phi) is 5.92. The van der Waals surface area contributed by atoms with Crippen LogP contribution >= 0.6 is 11.8 Å². The molecule has 0 spiro atoms. The number of nitriles is 1. The van der Waals surface area contributed by atoms with Crippen LogP contribution in [0.5, 0.6) is 0 Å². The standard InChI is InChI=1S/C6H7NS/c1-2-3-4-5-8-6-7/h2,5H2,1H3. The van der Waals surface area contributed by atoms with E-state index in [4.69, 9.17) is 5.26 Å². The summed E-state index contributed by atoms with van der Waals surface area (Å²) in [5, 5.41) is 9.95. The van der Waals surface area contributed by atoms with E-state index in [1.165, 1.54) is 11.8 Å². The number of rotatable bonds is 1. The summed E-state index contributed by atoms with van der Waals surface area (Å²) in [7, 11) is 0. The van der Waals surface area contributed by atoms with Crippen LogP contribution in [-0.2, 0) is 0 Å². The molecule has 0 bridgehead atoms. The first-order valence-electron chi connectivity index (χ1n) is 2.38. The molecule has 0 aromatic heterocycles. The lowest BCUT2D eigenvalue weighted by atomic mass is 10.5. The molecule has 0 aromatic rings. The van der Waals surface area contributed by atoms with Gasteiger partial charge in [0.1, 0.15) is 5.40 Å². The van der Waals surface area contributed by atoms with Gasteiger partial charge in [0.15, 0.2) is 0 Å². The van der Waals surface area contributed by atoms with E-state index in [2.05, 4.69) is 11.8 Å². The molecule has 0 unspecified atom stereocenters. The maximum absolute atomic E-state index is 8.01. The van der Waals surface area contributed by atoms with E-state index >= 15 is 0 Å². The van der Waals surface area contributed by atoms with E-state index in [1.54, 1.807) is 0 Å². The monoisotopic (exact) mass is 125 g/mol. The lowest BCUT2D eigenvalue weighted by molar-refractivity contribution is 1.28. The molecular weight excluding hydrogens is 118 g/mol. The van der Waals surface area contributed by atoms with Crippen LogP contribution in [0.4, 0.5) is 0 Å². The van der Waals surface area contributed by atoms with Crippen LogP contribution in [0.1, 0.15) is 13.3 Å². The zero-order chi connectivity index (χ0) is 6.24. The van der Waals surface area contributed by atoms with Crippen LogP contribution in [0.15, 0.2) is 0 Å². The fraction of sp³-hybridized carbons (Fsp3) is 0.500. The third-order valence-corrected chi connectivity index (χ3v) is 0.928. The van der Waals surface area contributed by atoms with Crippen molar-refractivity contribution in [1.29, 1.82) is 5.26 Å². The first kappa shape index (κ1) is 7.40. The molecule has 0 aliphatic rings. The largest absolute Gasteiger partial charge is 0.185 e. The van der Waals surface area contributed by atoms with Gasteiger partial charge in [-0.2, -0.15) is 5.26 Å². The molecule has 0 atom stereocenters. The Morgan fingerprint density at radius 1 is 1.50 bits per heavy atom. The van der Waals surface area contributed by atoms with Gasteiger partial charge in [-0.1, -0.05) is 12.8 Å². The molecule has 0 fully saturated rings. The summed E-state index contributed by atoms with van der Waals surface area (Å²) in [6.45, 7) is 1.99. The second-order valence-corrected chi connectivity index (χ2v) is 1.85. The minimum atomic E-state index is 0.643. The van der Waals surface area contributed by atoms with E-state index in [0.717, 1.165) is 6.42 Å². The highest BCUT2D eigenvalue weighted by Gasteiger charge is 1.72. The third kappa shape index (κ3) is 5.40. The van der Waals surface area contributed by atoms with Gasteiger partial charge in [-0.3, -0.25) is 0 Å². The Balaban J connectivity index is 3.06. The van der Waals surface area contributed by atoms with E-state index in [1.807, 2.05) is 12.3 Å². The summed E-state index contributed by atoms with van der Waals surface area (Å²) in [5.41, 5.74) is 0. The second-order valence-electron chi connectivity index (χ2n) is 1.09.